The highest BCUT2D eigenvalue weighted by atomic mass is 35.5. The minimum absolute atomic E-state index is 0.0353. The van der Waals surface area contributed by atoms with E-state index in [9.17, 15) is 9.90 Å². The second kappa shape index (κ2) is 6.49. The number of nitrogens with one attached hydrogen (secondary N) is 1. The molecule has 2 atom stereocenters. The van der Waals surface area contributed by atoms with Crippen LogP contribution in [0.4, 0.5) is 5.95 Å². The maximum atomic E-state index is 13.2. The highest BCUT2D eigenvalue weighted by Crippen LogP contribution is 2.45. The van der Waals surface area contributed by atoms with Crippen molar-refractivity contribution < 1.29 is 9.90 Å². The summed E-state index contributed by atoms with van der Waals surface area (Å²) >= 11 is 6.21. The second-order valence-electron chi connectivity index (χ2n) is 7.09. The topological polar surface area (TPSA) is 80.0 Å². The number of rotatable bonds is 2. The van der Waals surface area contributed by atoms with Gasteiger partial charge in [-0.3, -0.25) is 4.79 Å². The molecule has 0 radical (unpaired) electrons. The Hall–Kier alpha value is -3.12. The van der Waals surface area contributed by atoms with Crippen LogP contribution < -0.4 is 5.32 Å². The van der Waals surface area contributed by atoms with Gasteiger partial charge in [0.2, 0.25) is 5.95 Å². The first kappa shape index (κ1) is 17.0. The van der Waals surface area contributed by atoms with Crippen molar-refractivity contribution in [2.24, 2.45) is 0 Å². The number of hydrogen-bond acceptors (Lipinski definition) is 5. The number of phenols is 1. The van der Waals surface area contributed by atoms with Gasteiger partial charge in [0.15, 0.2) is 5.78 Å². The lowest BCUT2D eigenvalue weighted by Gasteiger charge is -2.35. The van der Waals surface area contributed by atoms with Gasteiger partial charge in [-0.2, -0.15) is 10.1 Å². The number of para-hydroxylation sites is 1. The fraction of sp³-hybridized carbons (Fsp3) is 0.190. The number of anilines is 1. The fourth-order valence-electron chi connectivity index (χ4n) is 4.19. The third-order valence-electron chi connectivity index (χ3n) is 5.40. The number of halogens is 1. The minimum atomic E-state index is -0.370. The van der Waals surface area contributed by atoms with E-state index in [0.29, 0.717) is 29.4 Å². The van der Waals surface area contributed by atoms with Crippen LogP contribution in [0.5, 0.6) is 5.75 Å². The summed E-state index contributed by atoms with van der Waals surface area (Å²) < 4.78 is 1.72. The van der Waals surface area contributed by atoms with Gasteiger partial charge in [0.05, 0.1) is 0 Å². The molecule has 1 aromatic heterocycles. The first-order chi connectivity index (χ1) is 13.6. The normalized spacial score (nSPS) is 21.1. The van der Waals surface area contributed by atoms with Crippen molar-refractivity contribution in [1.82, 2.24) is 14.8 Å². The lowest BCUT2D eigenvalue weighted by Crippen LogP contribution is -2.33. The lowest BCUT2D eigenvalue weighted by atomic mass is 9.77. The molecule has 1 aliphatic carbocycles. The number of fused-ring (bicyclic) bond motifs is 1. The quantitative estimate of drug-likeness (QED) is 0.687. The van der Waals surface area contributed by atoms with E-state index >= 15 is 0 Å². The van der Waals surface area contributed by atoms with Gasteiger partial charge in [-0.15, -0.1) is 0 Å². The standard InChI is InChI=1S/C21H17ClN4O2/c22-14-5-3-4-12(8-14)20-19-16(25-21-23-11-24-26(20)21)9-13(10-18(19)28)15-6-1-2-7-17(15)27/h1-8,11,13,20,27H,9-10H2,(H,23,24,25)/t13-,20+/m0/s1. The highest BCUT2D eigenvalue weighted by molar-refractivity contribution is 6.30. The minimum Gasteiger partial charge on any atom is -0.508 e. The molecule has 5 rings (SSSR count). The maximum absolute atomic E-state index is 13.2. The molecule has 6 nitrogen and oxygen atoms in total. The van der Waals surface area contributed by atoms with E-state index in [-0.39, 0.29) is 23.5 Å². The highest BCUT2D eigenvalue weighted by Gasteiger charge is 2.39. The van der Waals surface area contributed by atoms with E-state index in [1.807, 2.05) is 30.3 Å². The first-order valence-corrected chi connectivity index (χ1v) is 9.45. The Morgan fingerprint density at radius 3 is 2.82 bits per heavy atom. The fourth-order valence-corrected chi connectivity index (χ4v) is 4.39. The molecular formula is C21H17ClN4O2. The number of carbonyl (C=O) groups excluding carboxylic acids is 1. The number of phenolic OH excluding ortho intramolecular Hbond substituents is 1. The van der Waals surface area contributed by atoms with Gasteiger partial charge in [0, 0.05) is 28.6 Å². The molecule has 0 amide bonds. The third-order valence-corrected chi connectivity index (χ3v) is 5.64. The molecule has 140 valence electrons. The summed E-state index contributed by atoms with van der Waals surface area (Å²) in [7, 11) is 0. The number of aromatic hydroxyl groups is 1. The maximum Gasteiger partial charge on any atom is 0.226 e. The van der Waals surface area contributed by atoms with Crippen LogP contribution in [0.15, 0.2) is 66.1 Å². The lowest BCUT2D eigenvalue weighted by molar-refractivity contribution is -0.116. The van der Waals surface area contributed by atoms with Gasteiger partial charge in [-0.25, -0.2) is 4.68 Å². The summed E-state index contributed by atoms with van der Waals surface area (Å²) in [6.45, 7) is 0. The molecule has 2 aliphatic rings. The van der Waals surface area contributed by atoms with Crippen LogP contribution in [-0.2, 0) is 4.79 Å². The van der Waals surface area contributed by atoms with E-state index in [4.69, 9.17) is 11.6 Å². The van der Waals surface area contributed by atoms with Crippen LogP contribution >= 0.6 is 11.6 Å². The molecule has 0 saturated carbocycles. The Morgan fingerprint density at radius 2 is 2.00 bits per heavy atom. The van der Waals surface area contributed by atoms with Gasteiger partial charge >= 0.3 is 0 Å². The second-order valence-corrected chi connectivity index (χ2v) is 7.53. The molecule has 1 aliphatic heterocycles. The van der Waals surface area contributed by atoms with E-state index in [0.717, 1.165) is 16.8 Å². The number of Topliss-reactive ketones (excluding diaryl/α,β-unsaturated/α-hetero) is 1. The molecule has 0 bridgehead atoms. The van der Waals surface area contributed by atoms with Crippen LogP contribution in [0.25, 0.3) is 0 Å². The average Bonchev–Trinajstić information content (AvgIpc) is 3.14. The molecule has 0 unspecified atom stereocenters. The number of nitrogens with zero attached hydrogens (tertiary/aromatic N) is 3. The number of hydrogen-bond donors (Lipinski definition) is 2. The van der Waals surface area contributed by atoms with Crippen molar-refractivity contribution in [3.05, 3.63) is 82.3 Å². The van der Waals surface area contributed by atoms with Crippen molar-refractivity contribution in [2.45, 2.75) is 24.8 Å². The number of carbonyl (C=O) groups is 1. The zero-order valence-electron chi connectivity index (χ0n) is 14.8. The summed E-state index contributed by atoms with van der Waals surface area (Å²) in [6, 6.07) is 14.3. The number of ketones is 1. The van der Waals surface area contributed by atoms with E-state index in [1.165, 1.54) is 6.33 Å². The summed E-state index contributed by atoms with van der Waals surface area (Å²) in [6.07, 6.45) is 2.42. The molecule has 2 aromatic carbocycles. The summed E-state index contributed by atoms with van der Waals surface area (Å²) in [5, 5.41) is 18.5. The van der Waals surface area contributed by atoms with E-state index < -0.39 is 0 Å². The smallest absolute Gasteiger partial charge is 0.226 e. The zero-order chi connectivity index (χ0) is 19.3. The Kier molecular flexibility index (Phi) is 3.94. The monoisotopic (exact) mass is 392 g/mol. The summed E-state index contributed by atoms with van der Waals surface area (Å²) in [5.41, 5.74) is 3.19. The molecule has 7 heteroatoms. The molecule has 3 aromatic rings. The van der Waals surface area contributed by atoms with Crippen LogP contribution in [0.2, 0.25) is 5.02 Å². The first-order valence-electron chi connectivity index (χ1n) is 9.08. The Morgan fingerprint density at radius 1 is 1.14 bits per heavy atom. The summed E-state index contributed by atoms with van der Waals surface area (Å²) in [5.74, 6) is 0.756. The zero-order valence-corrected chi connectivity index (χ0v) is 15.6. The molecule has 0 spiro atoms. The van der Waals surface area contributed by atoms with Crippen molar-refractivity contribution in [2.75, 3.05) is 5.32 Å². The Bertz CT molecular complexity index is 1120. The van der Waals surface area contributed by atoms with Crippen LogP contribution in [0.3, 0.4) is 0 Å². The van der Waals surface area contributed by atoms with Crippen molar-refractivity contribution >= 4 is 23.3 Å². The molecular weight excluding hydrogens is 376 g/mol. The van der Waals surface area contributed by atoms with Gasteiger partial charge in [-0.05, 0) is 35.7 Å². The number of benzene rings is 2. The Balaban J connectivity index is 1.62. The average molecular weight is 393 g/mol. The molecule has 0 fully saturated rings. The largest absolute Gasteiger partial charge is 0.508 e. The van der Waals surface area contributed by atoms with Crippen LogP contribution in [0.1, 0.15) is 35.9 Å². The summed E-state index contributed by atoms with van der Waals surface area (Å²) in [4.78, 5) is 17.5. The third kappa shape index (κ3) is 2.68. The predicted octanol–water partition coefficient (Wildman–Crippen LogP) is 4.05. The van der Waals surface area contributed by atoms with Gasteiger partial charge in [0.25, 0.3) is 0 Å². The SMILES string of the molecule is O=C1C[C@@H](c2ccccc2O)CC2=C1[C@@H](c1cccc(Cl)c1)n1ncnc1N2. The molecule has 28 heavy (non-hydrogen) atoms. The Labute approximate surface area is 166 Å². The van der Waals surface area contributed by atoms with Crippen molar-refractivity contribution in [1.29, 1.82) is 0 Å². The number of aromatic nitrogens is 3. The van der Waals surface area contributed by atoms with Crippen molar-refractivity contribution in [3.63, 3.8) is 0 Å². The number of allylic oxidation sites excluding steroid dienone is 2. The van der Waals surface area contributed by atoms with Crippen molar-refractivity contribution in [3.8, 4) is 5.75 Å². The van der Waals surface area contributed by atoms with Crippen LogP contribution in [0, 0.1) is 0 Å². The molecule has 2 N–H and O–H groups in total. The molecule has 0 saturated heterocycles. The predicted molar refractivity (Wildman–Crippen MR) is 105 cm³/mol. The molecule has 2 heterocycles. The van der Waals surface area contributed by atoms with Crippen LogP contribution in [-0.4, -0.2) is 25.7 Å². The van der Waals surface area contributed by atoms with Gasteiger partial charge in [0.1, 0.15) is 18.1 Å². The van der Waals surface area contributed by atoms with E-state index in [1.54, 1.807) is 22.9 Å². The van der Waals surface area contributed by atoms with E-state index in [2.05, 4.69) is 15.4 Å². The van der Waals surface area contributed by atoms with Gasteiger partial charge in [-0.1, -0.05) is 41.9 Å². The van der Waals surface area contributed by atoms with Gasteiger partial charge < -0.3 is 10.4 Å².